The number of amides is 1. The Balaban J connectivity index is 4.06. The molecule has 5 heteroatoms. The fourth-order valence-electron chi connectivity index (χ4n) is 1.40. The predicted molar refractivity (Wildman–Crippen MR) is 64.6 cm³/mol. The van der Waals surface area contributed by atoms with Gasteiger partial charge in [0.05, 0.1) is 13.0 Å². The van der Waals surface area contributed by atoms with E-state index in [1.807, 2.05) is 6.92 Å². The molecule has 0 aliphatic carbocycles. The largest absolute Gasteiger partial charge is 0.469 e. The summed E-state index contributed by atoms with van der Waals surface area (Å²) in [4.78, 5) is 22.6. The highest BCUT2D eigenvalue weighted by Crippen LogP contribution is 2.10. The number of carbonyl (C=O) groups excluding carboxylic acids is 2. The first-order chi connectivity index (χ1) is 7.65. The van der Waals surface area contributed by atoms with Crippen LogP contribution in [-0.4, -0.2) is 30.8 Å². The zero-order valence-corrected chi connectivity index (χ0v) is 11.5. The SMILES string of the molecule is COC(=O)[C@@H](C)C[C@@H](C)NC(=O)OC(C)(C)C. The van der Waals surface area contributed by atoms with Gasteiger partial charge in [0.15, 0.2) is 0 Å². The van der Waals surface area contributed by atoms with Crippen LogP contribution in [0.2, 0.25) is 0 Å². The van der Waals surface area contributed by atoms with Gasteiger partial charge in [-0.05, 0) is 34.1 Å². The Hall–Kier alpha value is -1.26. The van der Waals surface area contributed by atoms with Crippen LogP contribution in [0.5, 0.6) is 0 Å². The highest BCUT2D eigenvalue weighted by molar-refractivity contribution is 5.72. The van der Waals surface area contributed by atoms with Crippen molar-refractivity contribution in [1.82, 2.24) is 5.32 Å². The molecule has 0 bridgehead atoms. The van der Waals surface area contributed by atoms with Gasteiger partial charge in [0, 0.05) is 6.04 Å². The topological polar surface area (TPSA) is 64.6 Å². The molecule has 2 atom stereocenters. The van der Waals surface area contributed by atoms with Crippen LogP contribution in [0, 0.1) is 5.92 Å². The molecule has 0 aromatic heterocycles. The van der Waals surface area contributed by atoms with Crippen molar-refractivity contribution in [1.29, 1.82) is 0 Å². The molecule has 0 spiro atoms. The van der Waals surface area contributed by atoms with E-state index < -0.39 is 11.7 Å². The van der Waals surface area contributed by atoms with Crippen LogP contribution in [0.25, 0.3) is 0 Å². The number of methoxy groups -OCH3 is 1. The minimum absolute atomic E-state index is 0.140. The summed E-state index contributed by atoms with van der Waals surface area (Å²) in [6.07, 6.45) is 0.0494. The summed E-state index contributed by atoms with van der Waals surface area (Å²) in [5, 5.41) is 2.68. The predicted octanol–water partition coefficient (Wildman–Crippen LogP) is 2.10. The van der Waals surface area contributed by atoms with E-state index in [-0.39, 0.29) is 17.9 Å². The highest BCUT2D eigenvalue weighted by atomic mass is 16.6. The number of hydrogen-bond acceptors (Lipinski definition) is 4. The van der Waals surface area contributed by atoms with Gasteiger partial charge in [-0.1, -0.05) is 6.92 Å². The molecule has 0 aromatic rings. The molecule has 0 rings (SSSR count). The van der Waals surface area contributed by atoms with Crippen LogP contribution < -0.4 is 5.32 Å². The zero-order chi connectivity index (χ0) is 13.6. The van der Waals surface area contributed by atoms with Gasteiger partial charge in [-0.25, -0.2) is 4.79 Å². The Labute approximate surface area is 103 Å². The maximum absolute atomic E-state index is 11.4. The van der Waals surface area contributed by atoms with Gasteiger partial charge in [0.25, 0.3) is 0 Å². The molecular weight excluding hydrogens is 222 g/mol. The van der Waals surface area contributed by atoms with Crippen LogP contribution in [-0.2, 0) is 14.3 Å². The molecule has 0 aliphatic heterocycles. The monoisotopic (exact) mass is 245 g/mol. The summed E-state index contributed by atoms with van der Waals surface area (Å²) >= 11 is 0. The molecule has 1 amide bonds. The van der Waals surface area contributed by atoms with Crippen molar-refractivity contribution in [3.8, 4) is 0 Å². The van der Waals surface area contributed by atoms with Crippen molar-refractivity contribution >= 4 is 12.1 Å². The number of alkyl carbamates (subject to hydrolysis) is 1. The molecular formula is C12H23NO4. The summed E-state index contributed by atoms with van der Waals surface area (Å²) in [7, 11) is 1.35. The maximum atomic E-state index is 11.4. The second-order valence-electron chi connectivity index (χ2n) is 5.21. The average Bonchev–Trinajstić information content (AvgIpc) is 2.12. The summed E-state index contributed by atoms with van der Waals surface area (Å²) in [5.41, 5.74) is -0.516. The van der Waals surface area contributed by atoms with E-state index in [4.69, 9.17) is 4.74 Å². The van der Waals surface area contributed by atoms with Crippen molar-refractivity contribution in [3.63, 3.8) is 0 Å². The van der Waals surface area contributed by atoms with Gasteiger partial charge in [0.2, 0.25) is 0 Å². The van der Waals surface area contributed by atoms with Crippen molar-refractivity contribution in [3.05, 3.63) is 0 Å². The van der Waals surface area contributed by atoms with Gasteiger partial charge < -0.3 is 14.8 Å². The Kier molecular flexibility index (Phi) is 5.99. The van der Waals surface area contributed by atoms with E-state index in [0.717, 1.165) is 0 Å². The molecule has 0 radical (unpaired) electrons. The van der Waals surface area contributed by atoms with Crippen molar-refractivity contribution < 1.29 is 19.1 Å². The Morgan fingerprint density at radius 2 is 1.76 bits per heavy atom. The standard InChI is InChI=1S/C12H23NO4/c1-8(10(14)16-6)7-9(2)13-11(15)17-12(3,4)5/h8-9H,7H2,1-6H3,(H,13,15)/t8-,9+/m0/s1. The van der Waals surface area contributed by atoms with Crippen molar-refractivity contribution in [2.75, 3.05) is 7.11 Å². The summed E-state index contributed by atoms with van der Waals surface area (Å²) in [5.74, 6) is -0.521. The summed E-state index contributed by atoms with van der Waals surface area (Å²) in [6, 6.07) is -0.140. The first kappa shape index (κ1) is 15.7. The van der Waals surface area contributed by atoms with Crippen LogP contribution in [0.3, 0.4) is 0 Å². The summed E-state index contributed by atoms with van der Waals surface area (Å²) in [6.45, 7) is 8.99. The minimum Gasteiger partial charge on any atom is -0.469 e. The molecule has 100 valence electrons. The third-order valence-corrected chi connectivity index (χ3v) is 2.07. The number of hydrogen-bond donors (Lipinski definition) is 1. The number of carbonyl (C=O) groups is 2. The third kappa shape index (κ3) is 7.60. The lowest BCUT2D eigenvalue weighted by atomic mass is 10.0. The quantitative estimate of drug-likeness (QED) is 0.770. The lowest BCUT2D eigenvalue weighted by molar-refractivity contribution is -0.145. The highest BCUT2D eigenvalue weighted by Gasteiger charge is 2.21. The molecule has 17 heavy (non-hydrogen) atoms. The lowest BCUT2D eigenvalue weighted by Crippen LogP contribution is -2.39. The van der Waals surface area contributed by atoms with E-state index in [1.165, 1.54) is 7.11 Å². The molecule has 0 aliphatic rings. The van der Waals surface area contributed by atoms with Crippen LogP contribution >= 0.6 is 0 Å². The van der Waals surface area contributed by atoms with Crippen LogP contribution in [0.15, 0.2) is 0 Å². The third-order valence-electron chi connectivity index (χ3n) is 2.07. The minimum atomic E-state index is -0.516. The van der Waals surface area contributed by atoms with Gasteiger partial charge in [0.1, 0.15) is 5.60 Å². The molecule has 5 nitrogen and oxygen atoms in total. The van der Waals surface area contributed by atoms with Gasteiger partial charge in [-0.15, -0.1) is 0 Å². The second kappa shape index (κ2) is 6.47. The zero-order valence-electron chi connectivity index (χ0n) is 11.5. The fraction of sp³-hybridized carbons (Fsp3) is 0.833. The fourth-order valence-corrected chi connectivity index (χ4v) is 1.40. The van der Waals surface area contributed by atoms with E-state index in [1.54, 1.807) is 27.7 Å². The Morgan fingerprint density at radius 1 is 1.24 bits per heavy atom. The first-order valence-corrected chi connectivity index (χ1v) is 5.73. The van der Waals surface area contributed by atoms with Crippen molar-refractivity contribution in [2.45, 2.75) is 52.7 Å². The smallest absolute Gasteiger partial charge is 0.407 e. The van der Waals surface area contributed by atoms with Gasteiger partial charge in [-0.2, -0.15) is 0 Å². The van der Waals surface area contributed by atoms with Crippen molar-refractivity contribution in [2.24, 2.45) is 5.92 Å². The summed E-state index contributed by atoms with van der Waals surface area (Å²) < 4.78 is 9.73. The molecule has 1 N–H and O–H groups in total. The van der Waals surface area contributed by atoms with E-state index >= 15 is 0 Å². The molecule has 0 saturated carbocycles. The maximum Gasteiger partial charge on any atom is 0.407 e. The van der Waals surface area contributed by atoms with E-state index in [9.17, 15) is 9.59 Å². The van der Waals surface area contributed by atoms with Crippen LogP contribution in [0.1, 0.15) is 41.0 Å². The number of nitrogens with one attached hydrogen (secondary N) is 1. The van der Waals surface area contributed by atoms with E-state index in [2.05, 4.69) is 10.1 Å². The Morgan fingerprint density at radius 3 is 2.18 bits per heavy atom. The van der Waals surface area contributed by atoms with Gasteiger partial charge in [-0.3, -0.25) is 4.79 Å². The molecule has 0 unspecified atom stereocenters. The molecule has 0 heterocycles. The first-order valence-electron chi connectivity index (χ1n) is 5.73. The second-order valence-corrected chi connectivity index (χ2v) is 5.21. The normalized spacial score (nSPS) is 14.7. The number of rotatable bonds is 4. The lowest BCUT2D eigenvalue weighted by Gasteiger charge is -2.22. The Bertz CT molecular complexity index is 270. The molecule has 0 aromatic carbocycles. The average molecular weight is 245 g/mol. The number of ether oxygens (including phenoxy) is 2. The number of esters is 1. The molecule has 0 fully saturated rings. The van der Waals surface area contributed by atoms with E-state index in [0.29, 0.717) is 6.42 Å². The van der Waals surface area contributed by atoms with Crippen LogP contribution in [0.4, 0.5) is 4.79 Å². The molecule has 0 saturated heterocycles. The van der Waals surface area contributed by atoms with Gasteiger partial charge >= 0.3 is 12.1 Å².